The normalized spacial score (nSPS) is 10.6. The molecule has 0 aliphatic rings. The molecule has 0 saturated carbocycles. The maximum Gasteiger partial charge on any atom is 0.242 e. The van der Waals surface area contributed by atoms with Crippen molar-refractivity contribution in [3.8, 4) is 11.8 Å². The van der Waals surface area contributed by atoms with Gasteiger partial charge in [0.1, 0.15) is 6.61 Å². The first kappa shape index (κ1) is 13.9. The molecule has 0 aliphatic heterocycles. The molecule has 1 rings (SSSR count). The van der Waals surface area contributed by atoms with Crippen molar-refractivity contribution >= 4 is 5.91 Å². The van der Waals surface area contributed by atoms with E-state index in [-0.39, 0.29) is 17.9 Å². The number of hydrazine groups is 1. The molecule has 1 aromatic carbocycles. The second kappa shape index (κ2) is 5.47. The second-order valence-electron chi connectivity index (χ2n) is 4.40. The minimum absolute atomic E-state index is 0.00750. The van der Waals surface area contributed by atoms with E-state index in [0.29, 0.717) is 0 Å². The van der Waals surface area contributed by atoms with Gasteiger partial charge in [-0.25, -0.2) is 10.2 Å². The Morgan fingerprint density at radius 3 is 2.78 bits per heavy atom. The van der Waals surface area contributed by atoms with Crippen LogP contribution >= 0.6 is 0 Å². The number of benzene rings is 1. The Morgan fingerprint density at radius 2 is 2.28 bits per heavy atom. The number of halogens is 1. The summed E-state index contributed by atoms with van der Waals surface area (Å²) in [6.07, 6.45) is 0. The van der Waals surface area contributed by atoms with E-state index in [0.717, 1.165) is 6.07 Å². The van der Waals surface area contributed by atoms with E-state index in [1.165, 1.54) is 12.1 Å². The van der Waals surface area contributed by atoms with Gasteiger partial charge in [-0.3, -0.25) is 10.2 Å². The molecule has 0 heterocycles. The summed E-state index contributed by atoms with van der Waals surface area (Å²) in [6, 6.07) is 5.68. The molecule has 0 atom stereocenters. The molecule has 0 fully saturated rings. The number of amides is 1. The van der Waals surface area contributed by atoms with Crippen molar-refractivity contribution in [1.29, 1.82) is 5.26 Å². The standard InChI is InChI=1S/C12H14FN3O2/c1-12(2,11(17)16-15)7-18-10-4-3-8(6-14)5-9(10)13/h3-5H,7,15H2,1-2H3,(H,16,17). The fourth-order valence-electron chi connectivity index (χ4n) is 1.21. The first-order valence-electron chi connectivity index (χ1n) is 5.24. The summed E-state index contributed by atoms with van der Waals surface area (Å²) < 4.78 is 18.7. The first-order chi connectivity index (χ1) is 8.40. The van der Waals surface area contributed by atoms with Gasteiger partial charge in [0.25, 0.3) is 0 Å². The van der Waals surface area contributed by atoms with Crippen LogP contribution in [0.25, 0.3) is 0 Å². The maximum atomic E-state index is 13.5. The number of carbonyl (C=O) groups excluding carboxylic acids is 1. The quantitative estimate of drug-likeness (QED) is 0.476. The summed E-state index contributed by atoms with van der Waals surface area (Å²) in [5, 5.41) is 8.59. The summed E-state index contributed by atoms with van der Waals surface area (Å²) in [5.74, 6) is 3.98. The highest BCUT2D eigenvalue weighted by molar-refractivity contribution is 5.81. The van der Waals surface area contributed by atoms with E-state index in [1.54, 1.807) is 13.8 Å². The highest BCUT2D eigenvalue weighted by Crippen LogP contribution is 2.22. The average molecular weight is 251 g/mol. The van der Waals surface area contributed by atoms with Crippen LogP contribution in [0.1, 0.15) is 19.4 Å². The first-order valence-corrected chi connectivity index (χ1v) is 5.24. The third kappa shape index (κ3) is 3.18. The van der Waals surface area contributed by atoms with Crippen LogP contribution in [0.3, 0.4) is 0 Å². The van der Waals surface area contributed by atoms with Crippen molar-refractivity contribution in [2.75, 3.05) is 6.61 Å². The number of rotatable bonds is 4. The predicted molar refractivity (Wildman–Crippen MR) is 62.7 cm³/mol. The Kier molecular flexibility index (Phi) is 4.23. The zero-order valence-electron chi connectivity index (χ0n) is 10.2. The predicted octanol–water partition coefficient (Wildman–Crippen LogP) is 1.09. The molecule has 0 aliphatic carbocycles. The molecule has 5 nitrogen and oxygen atoms in total. The van der Waals surface area contributed by atoms with Gasteiger partial charge in [-0.2, -0.15) is 5.26 Å². The Balaban J connectivity index is 2.76. The lowest BCUT2D eigenvalue weighted by atomic mass is 9.94. The number of ether oxygens (including phenoxy) is 1. The highest BCUT2D eigenvalue weighted by Gasteiger charge is 2.28. The monoisotopic (exact) mass is 251 g/mol. The fraction of sp³-hybridized carbons (Fsp3) is 0.333. The lowest BCUT2D eigenvalue weighted by Crippen LogP contribution is -2.44. The number of nitrogens with one attached hydrogen (secondary N) is 1. The lowest BCUT2D eigenvalue weighted by Gasteiger charge is -2.22. The number of nitrogens with zero attached hydrogens (tertiary/aromatic N) is 1. The van der Waals surface area contributed by atoms with Crippen LogP contribution in [0.5, 0.6) is 5.75 Å². The van der Waals surface area contributed by atoms with Crippen molar-refractivity contribution in [3.05, 3.63) is 29.6 Å². The third-order valence-electron chi connectivity index (χ3n) is 2.40. The molecular weight excluding hydrogens is 237 g/mol. The van der Waals surface area contributed by atoms with Crippen LogP contribution in [0.15, 0.2) is 18.2 Å². The summed E-state index contributed by atoms with van der Waals surface area (Å²) in [5.41, 5.74) is 1.35. The van der Waals surface area contributed by atoms with Gasteiger partial charge in [0, 0.05) is 0 Å². The molecule has 1 aromatic rings. The number of nitriles is 1. The zero-order chi connectivity index (χ0) is 13.8. The molecule has 0 bridgehead atoms. The Morgan fingerprint density at radius 1 is 1.61 bits per heavy atom. The van der Waals surface area contributed by atoms with Crippen LogP contribution in [-0.4, -0.2) is 12.5 Å². The van der Waals surface area contributed by atoms with Gasteiger partial charge in [0.05, 0.1) is 17.0 Å². The smallest absolute Gasteiger partial charge is 0.242 e. The SMILES string of the molecule is CC(C)(COc1ccc(C#N)cc1F)C(=O)NN. The maximum absolute atomic E-state index is 13.5. The highest BCUT2D eigenvalue weighted by atomic mass is 19.1. The van der Waals surface area contributed by atoms with Crippen LogP contribution in [0.4, 0.5) is 4.39 Å². The molecule has 18 heavy (non-hydrogen) atoms. The number of hydrogen-bond donors (Lipinski definition) is 2. The van der Waals surface area contributed by atoms with Gasteiger partial charge in [0.15, 0.2) is 11.6 Å². The number of hydrogen-bond acceptors (Lipinski definition) is 4. The van der Waals surface area contributed by atoms with Crippen LogP contribution in [0, 0.1) is 22.6 Å². The van der Waals surface area contributed by atoms with Crippen LogP contribution in [0.2, 0.25) is 0 Å². The molecule has 96 valence electrons. The van der Waals surface area contributed by atoms with Gasteiger partial charge >= 0.3 is 0 Å². The van der Waals surface area contributed by atoms with E-state index in [4.69, 9.17) is 15.8 Å². The molecule has 6 heteroatoms. The summed E-state index contributed by atoms with van der Waals surface area (Å²) in [6.45, 7) is 3.21. The zero-order valence-corrected chi connectivity index (χ0v) is 10.2. The third-order valence-corrected chi connectivity index (χ3v) is 2.40. The molecule has 0 spiro atoms. The van der Waals surface area contributed by atoms with Gasteiger partial charge in [-0.1, -0.05) is 0 Å². The topological polar surface area (TPSA) is 88.1 Å². The molecule has 0 unspecified atom stereocenters. The van der Waals surface area contributed by atoms with E-state index >= 15 is 0 Å². The second-order valence-corrected chi connectivity index (χ2v) is 4.40. The summed E-state index contributed by atoms with van der Waals surface area (Å²) in [7, 11) is 0. The summed E-state index contributed by atoms with van der Waals surface area (Å²) in [4.78, 5) is 11.4. The molecular formula is C12H14FN3O2. The van der Waals surface area contributed by atoms with E-state index in [1.807, 2.05) is 11.5 Å². The van der Waals surface area contributed by atoms with Gasteiger partial charge < -0.3 is 4.74 Å². The van der Waals surface area contributed by atoms with E-state index in [2.05, 4.69) is 0 Å². The minimum Gasteiger partial charge on any atom is -0.489 e. The van der Waals surface area contributed by atoms with Crippen molar-refractivity contribution in [3.63, 3.8) is 0 Å². The van der Waals surface area contributed by atoms with Crippen molar-refractivity contribution in [2.24, 2.45) is 11.3 Å². The molecule has 0 saturated heterocycles. The van der Waals surface area contributed by atoms with E-state index in [9.17, 15) is 9.18 Å². The Labute approximate surface area is 104 Å². The summed E-state index contributed by atoms with van der Waals surface area (Å²) >= 11 is 0. The van der Waals surface area contributed by atoms with Gasteiger partial charge in [-0.05, 0) is 32.0 Å². The minimum atomic E-state index is -0.880. The van der Waals surface area contributed by atoms with Crippen molar-refractivity contribution in [1.82, 2.24) is 5.43 Å². The van der Waals surface area contributed by atoms with Gasteiger partial charge in [0.2, 0.25) is 5.91 Å². The van der Waals surface area contributed by atoms with Crippen molar-refractivity contribution in [2.45, 2.75) is 13.8 Å². The molecule has 3 N–H and O–H groups in total. The number of carbonyl (C=O) groups is 1. The molecule has 0 radical (unpaired) electrons. The molecule has 1 amide bonds. The fourth-order valence-corrected chi connectivity index (χ4v) is 1.21. The number of nitrogens with two attached hydrogens (primary N) is 1. The Bertz CT molecular complexity index is 495. The molecule has 0 aromatic heterocycles. The Hall–Kier alpha value is -2.13. The lowest BCUT2D eigenvalue weighted by molar-refractivity contribution is -0.130. The van der Waals surface area contributed by atoms with Crippen LogP contribution < -0.4 is 16.0 Å². The van der Waals surface area contributed by atoms with E-state index < -0.39 is 17.1 Å². The van der Waals surface area contributed by atoms with Gasteiger partial charge in [-0.15, -0.1) is 0 Å². The largest absolute Gasteiger partial charge is 0.489 e. The van der Waals surface area contributed by atoms with Crippen molar-refractivity contribution < 1.29 is 13.9 Å². The average Bonchev–Trinajstić information content (AvgIpc) is 2.36. The van der Waals surface area contributed by atoms with Crippen LogP contribution in [-0.2, 0) is 4.79 Å².